The highest BCUT2D eigenvalue weighted by Crippen LogP contribution is 2.25. The van der Waals surface area contributed by atoms with Gasteiger partial charge in [-0.25, -0.2) is 14.6 Å². The molecule has 142 valence electrons. The number of benzene rings is 1. The molecular formula is C22H22N4OS. The Kier molecular flexibility index (Phi) is 4.81. The van der Waals surface area contributed by atoms with Gasteiger partial charge < -0.3 is 0 Å². The average molecular weight is 391 g/mol. The fourth-order valence-electron chi connectivity index (χ4n) is 3.14. The monoisotopic (exact) mass is 390 g/mol. The van der Waals surface area contributed by atoms with Crippen molar-refractivity contribution in [2.75, 3.05) is 0 Å². The Morgan fingerprint density at radius 1 is 1.14 bits per heavy atom. The molecule has 5 nitrogen and oxygen atoms in total. The summed E-state index contributed by atoms with van der Waals surface area (Å²) in [5.41, 5.74) is 5.91. The summed E-state index contributed by atoms with van der Waals surface area (Å²) >= 11 is 1.52. The maximum atomic E-state index is 12.7. The molecule has 1 aromatic carbocycles. The minimum atomic E-state index is 0.0210. The lowest BCUT2D eigenvalue weighted by atomic mass is 10.1. The average Bonchev–Trinajstić information content (AvgIpc) is 3.30. The Hall–Kier alpha value is -2.86. The molecule has 3 aromatic heterocycles. The van der Waals surface area contributed by atoms with E-state index in [0.717, 1.165) is 27.3 Å². The molecule has 0 radical (unpaired) electrons. The molecule has 0 fully saturated rings. The first kappa shape index (κ1) is 18.5. The molecule has 0 aliphatic heterocycles. The van der Waals surface area contributed by atoms with Crippen LogP contribution >= 0.6 is 11.3 Å². The van der Waals surface area contributed by atoms with Crippen molar-refractivity contribution in [3.8, 4) is 11.3 Å². The lowest BCUT2D eigenvalue weighted by Gasteiger charge is -2.06. The number of aromatic nitrogens is 4. The highest BCUT2D eigenvalue weighted by atomic mass is 32.1. The Morgan fingerprint density at radius 3 is 2.71 bits per heavy atom. The standard InChI is InChI=1S/C22H22N4OS/c1-13(2)26-22-18(11-24-26)8-17(10-23-22)20(27)9-21-25-19(12-28-21)16-6-5-14(3)15(4)7-16/h5-8,10-13H,9H2,1-4H3. The summed E-state index contributed by atoms with van der Waals surface area (Å²) in [6.45, 7) is 8.31. The quantitative estimate of drug-likeness (QED) is 0.441. The SMILES string of the molecule is Cc1ccc(-c2csc(CC(=O)c3cnc4c(cnn4C(C)C)c3)n2)cc1C. The van der Waals surface area contributed by atoms with Crippen LogP contribution in [0.1, 0.15) is 46.4 Å². The number of hydrogen-bond acceptors (Lipinski definition) is 5. The van der Waals surface area contributed by atoms with Crippen molar-refractivity contribution in [1.82, 2.24) is 19.7 Å². The van der Waals surface area contributed by atoms with Crippen molar-refractivity contribution in [2.45, 2.75) is 40.2 Å². The van der Waals surface area contributed by atoms with Gasteiger partial charge in [-0.15, -0.1) is 11.3 Å². The lowest BCUT2D eigenvalue weighted by molar-refractivity contribution is 0.0992. The zero-order valence-electron chi connectivity index (χ0n) is 16.4. The van der Waals surface area contributed by atoms with Gasteiger partial charge in [-0.1, -0.05) is 12.1 Å². The number of nitrogens with zero attached hydrogens (tertiary/aromatic N) is 4. The summed E-state index contributed by atoms with van der Waals surface area (Å²) in [5.74, 6) is 0.0210. The van der Waals surface area contributed by atoms with E-state index in [1.165, 1.54) is 22.5 Å². The summed E-state index contributed by atoms with van der Waals surface area (Å²) in [5, 5.41) is 8.08. The zero-order chi connectivity index (χ0) is 19.8. The largest absolute Gasteiger partial charge is 0.294 e. The van der Waals surface area contributed by atoms with Crippen LogP contribution < -0.4 is 0 Å². The number of aryl methyl sites for hydroxylation is 2. The third-order valence-corrected chi connectivity index (χ3v) is 5.76. The van der Waals surface area contributed by atoms with Gasteiger partial charge in [-0.2, -0.15) is 5.10 Å². The topological polar surface area (TPSA) is 60.7 Å². The molecule has 0 saturated carbocycles. The molecule has 0 amide bonds. The summed E-state index contributed by atoms with van der Waals surface area (Å²) in [6.07, 6.45) is 3.68. The number of pyridine rings is 1. The number of carbonyl (C=O) groups is 1. The molecule has 0 atom stereocenters. The molecule has 6 heteroatoms. The summed E-state index contributed by atoms with van der Waals surface area (Å²) < 4.78 is 1.86. The van der Waals surface area contributed by atoms with Gasteiger partial charge in [-0.05, 0) is 51.0 Å². The maximum absolute atomic E-state index is 12.7. The second-order valence-corrected chi connectivity index (χ2v) is 8.29. The minimum Gasteiger partial charge on any atom is -0.294 e. The van der Waals surface area contributed by atoms with Crippen LogP contribution in [-0.4, -0.2) is 25.5 Å². The van der Waals surface area contributed by atoms with Gasteiger partial charge in [-0.3, -0.25) is 4.79 Å². The fourth-order valence-corrected chi connectivity index (χ4v) is 3.94. The van der Waals surface area contributed by atoms with Gasteiger partial charge >= 0.3 is 0 Å². The van der Waals surface area contributed by atoms with Crippen molar-refractivity contribution in [1.29, 1.82) is 0 Å². The van der Waals surface area contributed by atoms with Gasteiger partial charge in [0.15, 0.2) is 11.4 Å². The molecule has 4 aromatic rings. The Morgan fingerprint density at radius 2 is 1.96 bits per heavy atom. The van der Waals surface area contributed by atoms with Crippen LogP contribution in [0.3, 0.4) is 0 Å². The van der Waals surface area contributed by atoms with E-state index in [1.54, 1.807) is 12.4 Å². The van der Waals surface area contributed by atoms with Gasteiger partial charge in [0.25, 0.3) is 0 Å². The van der Waals surface area contributed by atoms with Crippen molar-refractivity contribution in [3.63, 3.8) is 0 Å². The molecule has 0 N–H and O–H groups in total. The number of rotatable bonds is 5. The van der Waals surface area contributed by atoms with E-state index < -0.39 is 0 Å². The van der Waals surface area contributed by atoms with E-state index in [4.69, 9.17) is 0 Å². The van der Waals surface area contributed by atoms with E-state index in [9.17, 15) is 4.79 Å². The molecule has 3 heterocycles. The highest BCUT2D eigenvalue weighted by Gasteiger charge is 2.14. The summed E-state index contributed by atoms with van der Waals surface area (Å²) in [4.78, 5) is 21.9. The Labute approximate surface area is 168 Å². The molecule has 0 aliphatic carbocycles. The molecular weight excluding hydrogens is 368 g/mol. The third kappa shape index (κ3) is 3.47. The van der Waals surface area contributed by atoms with Crippen LogP contribution in [0, 0.1) is 13.8 Å². The predicted octanol–water partition coefficient (Wildman–Crippen LogP) is 5.18. The number of thiazole rings is 1. The normalized spacial score (nSPS) is 11.5. The molecule has 0 unspecified atom stereocenters. The second kappa shape index (κ2) is 7.28. The van der Waals surface area contributed by atoms with Crippen LogP contribution in [0.15, 0.2) is 42.0 Å². The van der Waals surface area contributed by atoms with E-state index in [1.807, 2.05) is 16.1 Å². The van der Waals surface area contributed by atoms with Gasteiger partial charge in [0, 0.05) is 34.1 Å². The number of ketones is 1. The van der Waals surface area contributed by atoms with Gasteiger partial charge in [0.2, 0.25) is 0 Å². The Balaban J connectivity index is 1.54. The predicted molar refractivity (Wildman–Crippen MR) is 113 cm³/mol. The van der Waals surface area contributed by atoms with Gasteiger partial charge in [0.05, 0.1) is 18.3 Å². The first-order chi connectivity index (χ1) is 13.4. The zero-order valence-corrected chi connectivity index (χ0v) is 17.2. The maximum Gasteiger partial charge on any atom is 0.171 e. The van der Waals surface area contributed by atoms with Crippen LogP contribution in [-0.2, 0) is 6.42 Å². The van der Waals surface area contributed by atoms with E-state index in [-0.39, 0.29) is 18.2 Å². The second-order valence-electron chi connectivity index (χ2n) is 7.35. The molecule has 0 aliphatic rings. The molecule has 0 saturated heterocycles. The summed E-state index contributed by atoms with van der Waals surface area (Å²) in [6, 6.07) is 8.42. The third-order valence-electron chi connectivity index (χ3n) is 4.91. The van der Waals surface area contributed by atoms with Crippen molar-refractivity contribution >= 4 is 28.2 Å². The fraction of sp³-hybridized carbons (Fsp3) is 0.273. The van der Waals surface area contributed by atoms with Crippen LogP contribution in [0.5, 0.6) is 0 Å². The number of carbonyl (C=O) groups excluding carboxylic acids is 1. The molecule has 28 heavy (non-hydrogen) atoms. The van der Waals surface area contributed by atoms with Crippen LogP contribution in [0.25, 0.3) is 22.3 Å². The van der Waals surface area contributed by atoms with Crippen molar-refractivity contribution in [2.24, 2.45) is 0 Å². The first-order valence-electron chi connectivity index (χ1n) is 9.31. The smallest absolute Gasteiger partial charge is 0.171 e. The summed E-state index contributed by atoms with van der Waals surface area (Å²) in [7, 11) is 0. The van der Waals surface area contributed by atoms with Crippen LogP contribution in [0.2, 0.25) is 0 Å². The van der Waals surface area contributed by atoms with E-state index in [2.05, 4.69) is 61.0 Å². The van der Waals surface area contributed by atoms with E-state index in [0.29, 0.717) is 5.56 Å². The minimum absolute atomic E-state index is 0.0210. The molecule has 0 bridgehead atoms. The van der Waals surface area contributed by atoms with Gasteiger partial charge in [0.1, 0.15) is 5.01 Å². The number of Topliss-reactive ketones (excluding diaryl/α,β-unsaturated/α-hetero) is 1. The van der Waals surface area contributed by atoms with Crippen molar-refractivity contribution < 1.29 is 4.79 Å². The number of fused-ring (bicyclic) bond motifs is 1. The number of hydrogen-bond donors (Lipinski definition) is 0. The highest BCUT2D eigenvalue weighted by molar-refractivity contribution is 7.10. The lowest BCUT2D eigenvalue weighted by Crippen LogP contribution is -2.06. The molecule has 0 spiro atoms. The Bertz CT molecular complexity index is 1170. The van der Waals surface area contributed by atoms with E-state index >= 15 is 0 Å². The first-order valence-corrected chi connectivity index (χ1v) is 10.2. The van der Waals surface area contributed by atoms with Crippen LogP contribution in [0.4, 0.5) is 0 Å². The van der Waals surface area contributed by atoms with Crippen molar-refractivity contribution in [3.05, 3.63) is 63.7 Å². The molecule has 4 rings (SSSR count).